The number of ether oxygens (including phenoxy) is 1. The second-order valence-electron chi connectivity index (χ2n) is 8.53. The molecule has 1 atom stereocenters. The molecule has 2 N–H and O–H groups in total. The molecule has 0 heterocycles. The third-order valence-corrected chi connectivity index (χ3v) is 5.72. The zero-order valence-electron chi connectivity index (χ0n) is 20.8. The number of carbonyl (C=O) groups excluding carboxylic acids is 1. The van der Waals surface area contributed by atoms with E-state index in [1.807, 2.05) is 0 Å². The number of aliphatic hydroxyl groups is 2. The number of amides is 2. The SMILES string of the molecule is CCCCCCN(C)C(=O)N(CCCCCCCOC#N)C(O)N(CO)CCCCCC. The van der Waals surface area contributed by atoms with Crippen LogP contribution in [0.15, 0.2) is 0 Å². The maximum Gasteiger partial charge on any atom is 0.322 e. The van der Waals surface area contributed by atoms with Crippen LogP contribution in [0.3, 0.4) is 0 Å². The number of hydrogen-bond donors (Lipinski definition) is 2. The van der Waals surface area contributed by atoms with E-state index < -0.39 is 6.35 Å². The van der Waals surface area contributed by atoms with Gasteiger partial charge < -0.3 is 19.8 Å². The lowest BCUT2D eigenvalue weighted by Crippen LogP contribution is -2.55. The average molecular weight is 457 g/mol. The maximum absolute atomic E-state index is 13.1. The molecule has 0 aliphatic rings. The predicted octanol–water partition coefficient (Wildman–Crippen LogP) is 4.48. The van der Waals surface area contributed by atoms with Crippen LogP contribution in [-0.4, -0.2) is 77.3 Å². The Balaban J connectivity index is 4.80. The quantitative estimate of drug-likeness (QED) is 0.150. The standard InChI is InChI=1S/C24H48N4O4/c1-4-6-8-13-17-26(3)23(30)28(19-15-11-10-12-16-20-32-21-25)24(31)27(22-29)18-14-9-7-5-2/h24,29,31H,4-20,22H2,1-3H3. The van der Waals surface area contributed by atoms with Gasteiger partial charge in [-0.25, -0.2) is 9.69 Å². The summed E-state index contributed by atoms with van der Waals surface area (Å²) >= 11 is 0. The minimum Gasteiger partial charge on any atom is -0.428 e. The van der Waals surface area contributed by atoms with Gasteiger partial charge in [-0.1, -0.05) is 71.6 Å². The lowest BCUT2D eigenvalue weighted by molar-refractivity contribution is -0.123. The number of unbranched alkanes of at least 4 members (excludes halogenated alkanes) is 10. The largest absolute Gasteiger partial charge is 0.428 e. The molecule has 0 bridgehead atoms. The first kappa shape index (κ1) is 30.4. The van der Waals surface area contributed by atoms with Gasteiger partial charge in [0.25, 0.3) is 6.26 Å². The van der Waals surface area contributed by atoms with Crippen molar-refractivity contribution >= 4 is 6.03 Å². The summed E-state index contributed by atoms with van der Waals surface area (Å²) < 4.78 is 4.69. The van der Waals surface area contributed by atoms with Crippen LogP contribution in [0, 0.1) is 11.5 Å². The Kier molecular flexibility index (Phi) is 20.3. The highest BCUT2D eigenvalue weighted by Crippen LogP contribution is 2.13. The van der Waals surface area contributed by atoms with Gasteiger partial charge in [0, 0.05) is 26.7 Å². The molecule has 0 aliphatic heterocycles. The van der Waals surface area contributed by atoms with Crippen molar-refractivity contribution in [1.82, 2.24) is 14.7 Å². The molecule has 32 heavy (non-hydrogen) atoms. The summed E-state index contributed by atoms with van der Waals surface area (Å²) in [4.78, 5) is 17.9. The van der Waals surface area contributed by atoms with Crippen molar-refractivity contribution in [2.45, 2.75) is 104 Å². The van der Waals surface area contributed by atoms with Gasteiger partial charge in [-0.2, -0.15) is 5.26 Å². The molecule has 8 nitrogen and oxygen atoms in total. The number of aliphatic hydroxyl groups excluding tert-OH is 2. The first-order valence-electron chi connectivity index (χ1n) is 12.6. The van der Waals surface area contributed by atoms with Crippen molar-refractivity contribution in [3.05, 3.63) is 0 Å². The summed E-state index contributed by atoms with van der Waals surface area (Å²) in [5, 5.41) is 29.2. The molecule has 0 spiro atoms. The van der Waals surface area contributed by atoms with Crippen LogP contribution in [0.25, 0.3) is 0 Å². The van der Waals surface area contributed by atoms with Crippen LogP contribution in [-0.2, 0) is 4.74 Å². The van der Waals surface area contributed by atoms with Crippen molar-refractivity contribution in [1.29, 1.82) is 5.26 Å². The maximum atomic E-state index is 13.1. The van der Waals surface area contributed by atoms with E-state index in [-0.39, 0.29) is 12.8 Å². The molecule has 0 saturated carbocycles. The zero-order valence-corrected chi connectivity index (χ0v) is 20.8. The van der Waals surface area contributed by atoms with Crippen molar-refractivity contribution in [2.24, 2.45) is 0 Å². The number of urea groups is 1. The van der Waals surface area contributed by atoms with Crippen LogP contribution in [0.1, 0.15) is 97.3 Å². The zero-order chi connectivity index (χ0) is 24.0. The summed E-state index contributed by atoms with van der Waals surface area (Å²) in [5.41, 5.74) is 0. The number of nitrogens with zero attached hydrogens (tertiary/aromatic N) is 4. The van der Waals surface area contributed by atoms with Gasteiger partial charge in [0.05, 0.1) is 6.73 Å². The van der Waals surface area contributed by atoms with Gasteiger partial charge in [0.15, 0.2) is 6.35 Å². The van der Waals surface area contributed by atoms with Crippen LogP contribution in [0.5, 0.6) is 0 Å². The molecule has 0 aromatic rings. The Labute approximate surface area is 196 Å². The number of hydrogen-bond acceptors (Lipinski definition) is 6. The molecule has 0 aliphatic carbocycles. The van der Waals surface area contributed by atoms with Gasteiger partial charge in [0.2, 0.25) is 0 Å². The monoisotopic (exact) mass is 456 g/mol. The fraction of sp³-hybridized carbons (Fsp3) is 0.917. The molecule has 0 aromatic heterocycles. The highest BCUT2D eigenvalue weighted by molar-refractivity contribution is 5.74. The van der Waals surface area contributed by atoms with Gasteiger partial charge in [-0.3, -0.25) is 4.90 Å². The Morgan fingerprint density at radius 1 is 0.875 bits per heavy atom. The van der Waals surface area contributed by atoms with Crippen molar-refractivity contribution in [3.63, 3.8) is 0 Å². The smallest absolute Gasteiger partial charge is 0.322 e. The fourth-order valence-corrected chi connectivity index (χ4v) is 3.63. The number of rotatable bonds is 21. The molecule has 0 saturated heterocycles. The molecule has 0 rings (SSSR count). The van der Waals surface area contributed by atoms with E-state index in [1.54, 1.807) is 23.1 Å². The third kappa shape index (κ3) is 14.5. The Morgan fingerprint density at radius 2 is 1.41 bits per heavy atom. The van der Waals surface area contributed by atoms with E-state index in [2.05, 4.69) is 18.6 Å². The van der Waals surface area contributed by atoms with Crippen molar-refractivity contribution in [2.75, 3.05) is 40.0 Å². The average Bonchev–Trinajstić information content (AvgIpc) is 2.80. The van der Waals surface area contributed by atoms with E-state index in [9.17, 15) is 15.0 Å². The van der Waals surface area contributed by atoms with E-state index in [0.717, 1.165) is 83.5 Å². The molecular weight excluding hydrogens is 408 g/mol. The molecule has 0 fully saturated rings. The van der Waals surface area contributed by atoms with Gasteiger partial charge in [0.1, 0.15) is 6.61 Å². The van der Waals surface area contributed by atoms with Crippen LogP contribution >= 0.6 is 0 Å². The topological polar surface area (TPSA) is 100 Å². The second-order valence-corrected chi connectivity index (χ2v) is 8.53. The van der Waals surface area contributed by atoms with E-state index in [1.165, 1.54) is 4.90 Å². The molecule has 0 radical (unpaired) electrons. The number of carbonyl (C=O) groups is 1. The summed E-state index contributed by atoms with van der Waals surface area (Å²) in [6.07, 6.45) is 13.6. The van der Waals surface area contributed by atoms with Crippen molar-refractivity contribution < 1.29 is 19.7 Å². The molecule has 0 aromatic carbocycles. The van der Waals surface area contributed by atoms with E-state index in [0.29, 0.717) is 26.2 Å². The van der Waals surface area contributed by atoms with E-state index in [4.69, 9.17) is 5.26 Å². The lowest BCUT2D eigenvalue weighted by Gasteiger charge is -2.37. The van der Waals surface area contributed by atoms with Gasteiger partial charge in [-0.05, 0) is 25.7 Å². The van der Waals surface area contributed by atoms with Crippen LogP contribution in [0.4, 0.5) is 4.79 Å². The molecule has 1 unspecified atom stereocenters. The third-order valence-electron chi connectivity index (χ3n) is 5.72. The molecule has 2 amide bonds. The predicted molar refractivity (Wildman–Crippen MR) is 127 cm³/mol. The summed E-state index contributed by atoms with van der Waals surface area (Å²) in [5.74, 6) is 0. The Bertz CT molecular complexity index is 487. The van der Waals surface area contributed by atoms with Crippen molar-refractivity contribution in [3.8, 4) is 6.26 Å². The Hall–Kier alpha value is -1.56. The minimum absolute atomic E-state index is 0.191. The van der Waals surface area contributed by atoms with Crippen LogP contribution < -0.4 is 0 Å². The summed E-state index contributed by atoms with van der Waals surface area (Å²) in [7, 11) is 1.79. The normalized spacial score (nSPS) is 11.9. The fourth-order valence-electron chi connectivity index (χ4n) is 3.63. The summed E-state index contributed by atoms with van der Waals surface area (Å²) in [6.45, 7) is 6.14. The van der Waals surface area contributed by atoms with Gasteiger partial charge >= 0.3 is 6.03 Å². The minimum atomic E-state index is -1.13. The first-order chi connectivity index (χ1) is 15.5. The highest BCUT2D eigenvalue weighted by Gasteiger charge is 2.28. The Morgan fingerprint density at radius 3 is 2.00 bits per heavy atom. The highest BCUT2D eigenvalue weighted by atomic mass is 16.5. The molecule has 8 heteroatoms. The first-order valence-corrected chi connectivity index (χ1v) is 12.6. The van der Waals surface area contributed by atoms with E-state index >= 15 is 0 Å². The van der Waals surface area contributed by atoms with Gasteiger partial charge in [-0.15, -0.1) is 0 Å². The summed E-state index contributed by atoms with van der Waals surface area (Å²) in [6, 6.07) is -0.191. The number of nitriles is 1. The van der Waals surface area contributed by atoms with Crippen LogP contribution in [0.2, 0.25) is 0 Å². The molecule has 188 valence electrons. The second kappa shape index (κ2) is 21.3. The lowest BCUT2D eigenvalue weighted by atomic mass is 10.1. The molecular formula is C24H48N4O4.